The van der Waals surface area contributed by atoms with Crippen LogP contribution in [-0.4, -0.2) is 32.6 Å². The van der Waals surface area contributed by atoms with E-state index in [-0.39, 0.29) is 17.1 Å². The van der Waals surface area contributed by atoms with Gasteiger partial charge in [-0.3, -0.25) is 4.57 Å². The van der Waals surface area contributed by atoms with Gasteiger partial charge in [0, 0.05) is 12.1 Å². The number of halogens is 4. The summed E-state index contributed by atoms with van der Waals surface area (Å²) >= 11 is 0. The third-order valence-electron chi connectivity index (χ3n) is 3.92. The lowest BCUT2D eigenvalue weighted by atomic mass is 10.1. The first-order chi connectivity index (χ1) is 12.8. The van der Waals surface area contributed by atoms with Crippen LogP contribution in [-0.2, 0) is 12.7 Å². The van der Waals surface area contributed by atoms with E-state index in [1.165, 1.54) is 6.20 Å². The molecule has 0 atom stereocenters. The highest BCUT2D eigenvalue weighted by Gasteiger charge is 2.34. The summed E-state index contributed by atoms with van der Waals surface area (Å²) in [5.41, 5.74) is 3.22. The van der Waals surface area contributed by atoms with Crippen molar-refractivity contribution in [2.45, 2.75) is 19.1 Å². The zero-order chi connectivity index (χ0) is 19.6. The van der Waals surface area contributed by atoms with Gasteiger partial charge in [0.1, 0.15) is 11.3 Å². The molecule has 0 saturated heterocycles. The van der Waals surface area contributed by atoms with Crippen LogP contribution in [0.25, 0.3) is 11.2 Å². The molecule has 2 aromatic heterocycles. The minimum absolute atomic E-state index is 0.0710. The van der Waals surface area contributed by atoms with E-state index in [2.05, 4.69) is 20.3 Å². The summed E-state index contributed by atoms with van der Waals surface area (Å²) in [5.74, 6) is -0.866. The van der Waals surface area contributed by atoms with Crippen molar-refractivity contribution in [3.8, 4) is 0 Å². The van der Waals surface area contributed by atoms with E-state index in [0.717, 1.165) is 22.8 Å². The maximum Gasteiger partial charge on any atom is 0.416 e. The Hall–Kier alpha value is -2.95. The molecule has 4 N–H and O–H groups in total. The fraction of sp³-hybridized carbons (Fsp3) is 0.312. The third-order valence-corrected chi connectivity index (χ3v) is 3.92. The molecule has 11 heteroatoms. The summed E-state index contributed by atoms with van der Waals surface area (Å²) in [5, 5.41) is 2.90. The Morgan fingerprint density at radius 3 is 2.78 bits per heavy atom. The number of fused-ring (bicyclic) bond motifs is 1. The summed E-state index contributed by atoms with van der Waals surface area (Å²) in [4.78, 5) is 22.8. The molecule has 144 valence electrons. The monoisotopic (exact) mass is 384 g/mol. The quantitative estimate of drug-likeness (QED) is 0.446. The van der Waals surface area contributed by atoms with E-state index < -0.39 is 35.4 Å². The number of rotatable bonds is 6. The van der Waals surface area contributed by atoms with E-state index in [4.69, 9.17) is 5.73 Å². The zero-order valence-corrected chi connectivity index (χ0v) is 14.0. The highest BCUT2D eigenvalue weighted by molar-refractivity contribution is 5.71. The van der Waals surface area contributed by atoms with Crippen molar-refractivity contribution in [3.05, 3.63) is 51.8 Å². The van der Waals surface area contributed by atoms with Gasteiger partial charge in [-0.1, -0.05) is 6.07 Å². The molecule has 0 amide bonds. The molecule has 1 aromatic carbocycles. The van der Waals surface area contributed by atoms with Crippen LogP contribution in [0.4, 0.5) is 23.5 Å². The summed E-state index contributed by atoms with van der Waals surface area (Å²) in [6.45, 7) is 0.319. The zero-order valence-electron chi connectivity index (χ0n) is 14.0. The molecule has 0 aliphatic carbocycles. The van der Waals surface area contributed by atoms with Gasteiger partial charge >= 0.3 is 11.9 Å². The number of imidazole rings is 1. The topological polar surface area (TPSA) is 102 Å². The normalized spacial score (nSPS) is 11.9. The smallest absolute Gasteiger partial charge is 0.354 e. The Labute approximate surface area is 150 Å². The first-order valence-corrected chi connectivity index (χ1v) is 8.05. The largest absolute Gasteiger partial charge is 0.416 e. The van der Waals surface area contributed by atoms with Crippen LogP contribution in [0.1, 0.15) is 17.5 Å². The lowest BCUT2D eigenvalue weighted by molar-refractivity contribution is -0.138. The van der Waals surface area contributed by atoms with Crippen LogP contribution in [0.5, 0.6) is 0 Å². The SMILES string of the molecule is NCCCNc1ncc2[nH]c(=O)n(Cc3c(F)cccc3C(F)(F)F)c2n1. The number of hydrogen-bond donors (Lipinski definition) is 3. The number of aromatic nitrogens is 4. The summed E-state index contributed by atoms with van der Waals surface area (Å²) < 4.78 is 54.7. The average molecular weight is 384 g/mol. The van der Waals surface area contributed by atoms with Crippen LogP contribution < -0.4 is 16.7 Å². The second-order valence-corrected chi connectivity index (χ2v) is 5.78. The molecule has 7 nitrogen and oxygen atoms in total. The van der Waals surface area contributed by atoms with Gasteiger partial charge in [-0.05, 0) is 25.1 Å². The summed E-state index contributed by atoms with van der Waals surface area (Å²) in [6, 6.07) is 2.66. The number of alkyl halides is 3. The fourth-order valence-corrected chi connectivity index (χ4v) is 2.62. The van der Waals surface area contributed by atoms with Crippen molar-refractivity contribution in [2.75, 3.05) is 18.4 Å². The molecule has 0 unspecified atom stereocenters. The van der Waals surface area contributed by atoms with Gasteiger partial charge in [-0.15, -0.1) is 0 Å². The van der Waals surface area contributed by atoms with Gasteiger partial charge < -0.3 is 16.0 Å². The van der Waals surface area contributed by atoms with E-state index in [1.54, 1.807) is 0 Å². The molecular formula is C16H16F4N6O. The maximum atomic E-state index is 14.1. The lowest BCUT2D eigenvalue weighted by Gasteiger charge is -2.14. The van der Waals surface area contributed by atoms with Gasteiger partial charge in [0.25, 0.3) is 0 Å². The Kier molecular flexibility index (Phi) is 5.13. The number of aromatic amines is 1. The summed E-state index contributed by atoms with van der Waals surface area (Å²) in [6.07, 6.45) is -2.76. The molecule has 3 rings (SSSR count). The highest BCUT2D eigenvalue weighted by Crippen LogP contribution is 2.33. The maximum absolute atomic E-state index is 14.1. The van der Waals surface area contributed by atoms with E-state index in [1.807, 2.05) is 0 Å². The highest BCUT2D eigenvalue weighted by atomic mass is 19.4. The van der Waals surface area contributed by atoms with Crippen molar-refractivity contribution in [2.24, 2.45) is 5.73 Å². The Morgan fingerprint density at radius 2 is 2.07 bits per heavy atom. The molecule has 0 aliphatic rings. The van der Waals surface area contributed by atoms with Crippen LogP contribution >= 0.6 is 0 Å². The molecule has 0 aliphatic heterocycles. The van der Waals surface area contributed by atoms with Gasteiger partial charge in [0.2, 0.25) is 5.95 Å². The standard InChI is InChI=1S/C16H16F4N6O/c17-11-4-1-3-10(16(18,19)20)9(11)8-26-13-12(24-15(26)27)7-23-14(25-13)22-6-2-5-21/h1,3-4,7H,2,5-6,8,21H2,(H,24,27)(H,22,23,25). The predicted octanol–water partition coefficient (Wildman–Crippen LogP) is 2.09. The average Bonchev–Trinajstić information content (AvgIpc) is 2.91. The summed E-state index contributed by atoms with van der Waals surface area (Å²) in [7, 11) is 0. The van der Waals surface area contributed by atoms with E-state index in [0.29, 0.717) is 19.5 Å². The molecule has 0 spiro atoms. The predicted molar refractivity (Wildman–Crippen MR) is 90.8 cm³/mol. The number of H-pyrrole nitrogens is 1. The fourth-order valence-electron chi connectivity index (χ4n) is 2.62. The first-order valence-electron chi connectivity index (χ1n) is 8.05. The molecule has 0 saturated carbocycles. The minimum Gasteiger partial charge on any atom is -0.354 e. The van der Waals surface area contributed by atoms with Crippen molar-refractivity contribution in [1.82, 2.24) is 19.5 Å². The lowest BCUT2D eigenvalue weighted by Crippen LogP contribution is -2.21. The van der Waals surface area contributed by atoms with Crippen molar-refractivity contribution in [3.63, 3.8) is 0 Å². The first kappa shape index (κ1) is 18.8. The van der Waals surface area contributed by atoms with Gasteiger partial charge in [-0.25, -0.2) is 14.2 Å². The number of benzene rings is 1. The molecular weight excluding hydrogens is 368 g/mol. The molecule has 0 radical (unpaired) electrons. The second-order valence-electron chi connectivity index (χ2n) is 5.78. The molecule has 0 bridgehead atoms. The van der Waals surface area contributed by atoms with Crippen molar-refractivity contribution < 1.29 is 17.6 Å². The number of nitrogens with zero attached hydrogens (tertiary/aromatic N) is 3. The van der Waals surface area contributed by atoms with Gasteiger partial charge in [0.05, 0.1) is 18.3 Å². The van der Waals surface area contributed by atoms with E-state index >= 15 is 0 Å². The van der Waals surface area contributed by atoms with Crippen molar-refractivity contribution in [1.29, 1.82) is 0 Å². The van der Waals surface area contributed by atoms with Crippen LogP contribution in [0.15, 0.2) is 29.2 Å². The van der Waals surface area contributed by atoms with E-state index in [9.17, 15) is 22.4 Å². The molecule has 27 heavy (non-hydrogen) atoms. The van der Waals surface area contributed by atoms with Crippen LogP contribution in [0.2, 0.25) is 0 Å². The molecule has 2 heterocycles. The van der Waals surface area contributed by atoms with Crippen LogP contribution in [0.3, 0.4) is 0 Å². The molecule has 0 fully saturated rings. The Morgan fingerprint density at radius 1 is 1.30 bits per heavy atom. The van der Waals surface area contributed by atoms with Crippen molar-refractivity contribution >= 4 is 17.1 Å². The van der Waals surface area contributed by atoms with Crippen LogP contribution in [0, 0.1) is 5.82 Å². The second kappa shape index (κ2) is 7.35. The minimum atomic E-state index is -4.75. The number of hydrogen-bond acceptors (Lipinski definition) is 5. The Balaban J connectivity index is 2.04. The van der Waals surface area contributed by atoms with Gasteiger partial charge in [0.15, 0.2) is 5.65 Å². The number of nitrogens with two attached hydrogens (primary N) is 1. The third kappa shape index (κ3) is 3.92. The molecule has 3 aromatic rings. The number of nitrogens with one attached hydrogen (secondary N) is 2. The number of anilines is 1. The Bertz CT molecular complexity index is 1010. The van der Waals surface area contributed by atoms with Gasteiger partial charge in [-0.2, -0.15) is 18.2 Å².